The SMILES string of the molecule is CCN(C(C)C)C1CCCCC1CN. The van der Waals surface area contributed by atoms with E-state index in [4.69, 9.17) is 5.73 Å². The van der Waals surface area contributed by atoms with E-state index in [-0.39, 0.29) is 0 Å². The molecule has 0 amide bonds. The predicted molar refractivity (Wildman–Crippen MR) is 62.3 cm³/mol. The van der Waals surface area contributed by atoms with E-state index >= 15 is 0 Å². The van der Waals surface area contributed by atoms with Crippen LogP contribution in [0.1, 0.15) is 46.5 Å². The topological polar surface area (TPSA) is 29.3 Å². The first kappa shape index (κ1) is 12.0. The van der Waals surface area contributed by atoms with E-state index in [0.717, 1.165) is 18.5 Å². The van der Waals surface area contributed by atoms with Gasteiger partial charge in [-0.1, -0.05) is 19.8 Å². The summed E-state index contributed by atoms with van der Waals surface area (Å²) in [4.78, 5) is 2.62. The Kier molecular flexibility index (Phi) is 4.90. The highest BCUT2D eigenvalue weighted by Gasteiger charge is 2.29. The number of rotatable bonds is 4. The van der Waals surface area contributed by atoms with E-state index in [0.29, 0.717) is 6.04 Å². The van der Waals surface area contributed by atoms with Crippen LogP contribution >= 0.6 is 0 Å². The number of hydrogen-bond acceptors (Lipinski definition) is 2. The van der Waals surface area contributed by atoms with Gasteiger partial charge in [0, 0.05) is 12.1 Å². The molecule has 2 heteroatoms. The molecule has 0 aliphatic heterocycles. The van der Waals surface area contributed by atoms with E-state index in [9.17, 15) is 0 Å². The predicted octanol–water partition coefficient (Wildman–Crippen LogP) is 2.23. The first-order valence-corrected chi connectivity index (χ1v) is 6.16. The van der Waals surface area contributed by atoms with Crippen LogP contribution in [-0.4, -0.2) is 30.1 Å². The second-order valence-corrected chi connectivity index (χ2v) is 4.77. The molecule has 0 aromatic heterocycles. The standard InChI is InChI=1S/C12H26N2/c1-4-14(10(2)3)12-8-6-5-7-11(12)9-13/h10-12H,4-9,13H2,1-3H3. The first-order valence-electron chi connectivity index (χ1n) is 6.16. The Labute approximate surface area is 88.8 Å². The van der Waals surface area contributed by atoms with Crippen LogP contribution in [0, 0.1) is 5.92 Å². The summed E-state index contributed by atoms with van der Waals surface area (Å²) in [6, 6.07) is 1.41. The Morgan fingerprint density at radius 3 is 2.43 bits per heavy atom. The molecule has 0 bridgehead atoms. The molecule has 0 aromatic rings. The van der Waals surface area contributed by atoms with Crippen LogP contribution in [0.25, 0.3) is 0 Å². The Morgan fingerprint density at radius 2 is 1.93 bits per heavy atom. The smallest absolute Gasteiger partial charge is 0.0138 e. The van der Waals surface area contributed by atoms with Gasteiger partial charge in [-0.2, -0.15) is 0 Å². The van der Waals surface area contributed by atoms with Gasteiger partial charge in [-0.3, -0.25) is 4.90 Å². The van der Waals surface area contributed by atoms with Gasteiger partial charge in [0.15, 0.2) is 0 Å². The van der Waals surface area contributed by atoms with Crippen LogP contribution in [0.2, 0.25) is 0 Å². The highest BCUT2D eigenvalue weighted by molar-refractivity contribution is 4.84. The van der Waals surface area contributed by atoms with Crippen molar-refractivity contribution in [2.75, 3.05) is 13.1 Å². The van der Waals surface area contributed by atoms with E-state index in [2.05, 4.69) is 25.7 Å². The van der Waals surface area contributed by atoms with Crippen LogP contribution < -0.4 is 5.73 Å². The molecule has 84 valence electrons. The number of nitrogens with zero attached hydrogens (tertiary/aromatic N) is 1. The summed E-state index contributed by atoms with van der Waals surface area (Å²) in [6.07, 6.45) is 5.47. The van der Waals surface area contributed by atoms with Crippen molar-refractivity contribution in [2.45, 2.75) is 58.5 Å². The Bertz CT molecular complexity index is 156. The Morgan fingerprint density at radius 1 is 1.29 bits per heavy atom. The summed E-state index contributed by atoms with van der Waals surface area (Å²) >= 11 is 0. The van der Waals surface area contributed by atoms with Gasteiger partial charge in [-0.05, 0) is 45.7 Å². The molecular weight excluding hydrogens is 172 g/mol. The van der Waals surface area contributed by atoms with Crippen LogP contribution in [-0.2, 0) is 0 Å². The van der Waals surface area contributed by atoms with E-state index in [1.165, 1.54) is 32.2 Å². The molecule has 2 N–H and O–H groups in total. The molecule has 14 heavy (non-hydrogen) atoms. The fourth-order valence-corrected chi connectivity index (χ4v) is 2.88. The average Bonchev–Trinajstić information content (AvgIpc) is 2.19. The lowest BCUT2D eigenvalue weighted by Crippen LogP contribution is -2.48. The minimum atomic E-state index is 0.664. The Balaban J connectivity index is 2.60. The van der Waals surface area contributed by atoms with Crippen molar-refractivity contribution >= 4 is 0 Å². The van der Waals surface area contributed by atoms with Crippen molar-refractivity contribution in [3.8, 4) is 0 Å². The summed E-state index contributed by atoms with van der Waals surface area (Å²) < 4.78 is 0. The highest BCUT2D eigenvalue weighted by atomic mass is 15.2. The highest BCUT2D eigenvalue weighted by Crippen LogP contribution is 2.28. The quantitative estimate of drug-likeness (QED) is 0.750. The molecule has 1 fully saturated rings. The minimum absolute atomic E-state index is 0.664. The van der Waals surface area contributed by atoms with Crippen LogP contribution in [0.4, 0.5) is 0 Å². The van der Waals surface area contributed by atoms with Gasteiger partial charge in [0.2, 0.25) is 0 Å². The summed E-state index contributed by atoms with van der Waals surface area (Å²) in [5.74, 6) is 0.742. The zero-order chi connectivity index (χ0) is 10.6. The summed E-state index contributed by atoms with van der Waals surface area (Å²) in [5, 5.41) is 0. The van der Waals surface area contributed by atoms with E-state index in [1.807, 2.05) is 0 Å². The molecule has 0 radical (unpaired) electrons. The molecular formula is C12H26N2. The van der Waals surface area contributed by atoms with E-state index in [1.54, 1.807) is 0 Å². The van der Waals surface area contributed by atoms with Crippen molar-refractivity contribution in [1.29, 1.82) is 0 Å². The third-order valence-corrected chi connectivity index (χ3v) is 3.63. The fraction of sp³-hybridized carbons (Fsp3) is 1.00. The maximum atomic E-state index is 5.86. The molecule has 1 aliphatic carbocycles. The monoisotopic (exact) mass is 198 g/mol. The molecule has 0 saturated heterocycles. The fourth-order valence-electron chi connectivity index (χ4n) is 2.88. The van der Waals surface area contributed by atoms with Gasteiger partial charge < -0.3 is 5.73 Å². The van der Waals surface area contributed by atoms with Crippen molar-refractivity contribution < 1.29 is 0 Å². The maximum absolute atomic E-state index is 5.86. The van der Waals surface area contributed by atoms with Gasteiger partial charge in [-0.15, -0.1) is 0 Å². The lowest BCUT2D eigenvalue weighted by Gasteiger charge is -2.41. The van der Waals surface area contributed by atoms with Gasteiger partial charge in [-0.25, -0.2) is 0 Å². The molecule has 1 saturated carbocycles. The summed E-state index contributed by atoms with van der Waals surface area (Å²) in [6.45, 7) is 8.90. The van der Waals surface area contributed by atoms with Crippen molar-refractivity contribution in [2.24, 2.45) is 11.7 Å². The lowest BCUT2D eigenvalue weighted by atomic mass is 9.83. The lowest BCUT2D eigenvalue weighted by molar-refractivity contribution is 0.0841. The molecule has 2 unspecified atom stereocenters. The van der Waals surface area contributed by atoms with Crippen molar-refractivity contribution in [1.82, 2.24) is 4.90 Å². The second kappa shape index (κ2) is 5.72. The maximum Gasteiger partial charge on any atom is 0.0138 e. The molecule has 2 atom stereocenters. The molecule has 1 rings (SSSR count). The van der Waals surface area contributed by atoms with Crippen molar-refractivity contribution in [3.63, 3.8) is 0 Å². The third kappa shape index (κ3) is 2.71. The normalized spacial score (nSPS) is 28.7. The van der Waals surface area contributed by atoms with Crippen LogP contribution in [0.5, 0.6) is 0 Å². The van der Waals surface area contributed by atoms with Crippen LogP contribution in [0.3, 0.4) is 0 Å². The summed E-state index contributed by atoms with van der Waals surface area (Å²) in [5.41, 5.74) is 5.86. The Hall–Kier alpha value is -0.0800. The van der Waals surface area contributed by atoms with Gasteiger partial charge in [0.05, 0.1) is 0 Å². The molecule has 2 nitrogen and oxygen atoms in total. The van der Waals surface area contributed by atoms with Crippen molar-refractivity contribution in [3.05, 3.63) is 0 Å². The zero-order valence-corrected chi connectivity index (χ0v) is 10.00. The molecule has 0 aromatic carbocycles. The van der Waals surface area contributed by atoms with Gasteiger partial charge in [0.1, 0.15) is 0 Å². The van der Waals surface area contributed by atoms with E-state index < -0.39 is 0 Å². The average molecular weight is 198 g/mol. The second-order valence-electron chi connectivity index (χ2n) is 4.77. The molecule has 0 heterocycles. The van der Waals surface area contributed by atoms with Crippen LogP contribution in [0.15, 0.2) is 0 Å². The molecule has 1 aliphatic rings. The third-order valence-electron chi connectivity index (χ3n) is 3.63. The first-order chi connectivity index (χ1) is 6.70. The zero-order valence-electron chi connectivity index (χ0n) is 10.00. The largest absolute Gasteiger partial charge is 0.330 e. The summed E-state index contributed by atoms with van der Waals surface area (Å²) in [7, 11) is 0. The van der Waals surface area contributed by atoms with Gasteiger partial charge in [0.25, 0.3) is 0 Å². The minimum Gasteiger partial charge on any atom is -0.330 e. The molecule has 0 spiro atoms. The van der Waals surface area contributed by atoms with Gasteiger partial charge >= 0.3 is 0 Å². The number of hydrogen-bond donors (Lipinski definition) is 1. The number of nitrogens with two attached hydrogens (primary N) is 1.